The number of fused-ring (bicyclic) bond motifs is 1. The fourth-order valence-corrected chi connectivity index (χ4v) is 6.17. The molecule has 2 aliphatic heterocycles. The van der Waals surface area contributed by atoms with Crippen LogP contribution in [0.3, 0.4) is 0 Å². The minimum absolute atomic E-state index is 0.264. The van der Waals surface area contributed by atoms with E-state index in [1.54, 1.807) is 24.8 Å². The number of piperidine rings is 1. The molecule has 7 heteroatoms. The van der Waals surface area contributed by atoms with Gasteiger partial charge in [0, 0.05) is 55.2 Å². The summed E-state index contributed by atoms with van der Waals surface area (Å²) < 4.78 is 11.9. The fourth-order valence-electron chi connectivity index (χ4n) is 5.27. The molecular formula is C25H32N4O2S. The van der Waals surface area contributed by atoms with Gasteiger partial charge in [0.1, 0.15) is 29.0 Å². The summed E-state index contributed by atoms with van der Waals surface area (Å²) in [7, 11) is 1.73. The summed E-state index contributed by atoms with van der Waals surface area (Å²) in [6, 6.07) is 8.20. The molecule has 2 saturated heterocycles. The first-order valence-corrected chi connectivity index (χ1v) is 12.6. The van der Waals surface area contributed by atoms with E-state index in [2.05, 4.69) is 39.2 Å². The molecule has 2 aromatic heterocycles. The van der Waals surface area contributed by atoms with Gasteiger partial charge in [0.15, 0.2) is 0 Å². The van der Waals surface area contributed by atoms with Crippen LogP contribution in [0.1, 0.15) is 32.6 Å². The second-order valence-electron chi connectivity index (χ2n) is 8.64. The van der Waals surface area contributed by atoms with Crippen molar-refractivity contribution in [2.24, 2.45) is 5.92 Å². The molecule has 0 amide bonds. The highest BCUT2D eigenvalue weighted by Gasteiger charge is 2.33. The summed E-state index contributed by atoms with van der Waals surface area (Å²) in [6.45, 7) is 7.24. The molecule has 1 atom stereocenters. The van der Waals surface area contributed by atoms with Gasteiger partial charge in [0.05, 0.1) is 12.5 Å². The van der Waals surface area contributed by atoms with Crippen molar-refractivity contribution in [1.82, 2.24) is 14.9 Å². The average molecular weight is 453 g/mol. The predicted molar refractivity (Wildman–Crippen MR) is 131 cm³/mol. The van der Waals surface area contributed by atoms with Gasteiger partial charge in [-0.05, 0) is 38.7 Å². The van der Waals surface area contributed by atoms with Gasteiger partial charge in [-0.1, -0.05) is 18.2 Å². The third-order valence-corrected chi connectivity index (χ3v) is 7.71. The average Bonchev–Trinajstić information content (AvgIpc) is 3.53. The van der Waals surface area contributed by atoms with Crippen molar-refractivity contribution in [2.45, 2.75) is 38.8 Å². The van der Waals surface area contributed by atoms with E-state index in [4.69, 9.17) is 14.5 Å². The second-order valence-corrected chi connectivity index (χ2v) is 9.50. The van der Waals surface area contributed by atoms with Crippen LogP contribution in [0.5, 0.6) is 5.75 Å². The summed E-state index contributed by atoms with van der Waals surface area (Å²) in [4.78, 5) is 15.4. The first-order valence-electron chi connectivity index (χ1n) is 11.8. The molecule has 2 fully saturated rings. The lowest BCUT2D eigenvalue weighted by Crippen LogP contribution is -2.46. The molecule has 0 N–H and O–H groups in total. The van der Waals surface area contributed by atoms with Crippen LogP contribution in [-0.2, 0) is 4.74 Å². The molecule has 1 aromatic carbocycles. The van der Waals surface area contributed by atoms with E-state index in [9.17, 15) is 0 Å². The molecule has 170 valence electrons. The number of ether oxygens (including phenoxy) is 2. The lowest BCUT2D eigenvalue weighted by Gasteiger charge is -2.40. The number of nitrogens with zero attached hydrogens (tertiary/aromatic N) is 4. The van der Waals surface area contributed by atoms with E-state index in [1.807, 2.05) is 12.1 Å². The quantitative estimate of drug-likeness (QED) is 0.500. The highest BCUT2D eigenvalue weighted by atomic mass is 32.1. The maximum absolute atomic E-state index is 6.24. The van der Waals surface area contributed by atoms with Crippen molar-refractivity contribution < 1.29 is 9.47 Å². The molecule has 1 unspecified atom stereocenters. The molecule has 0 saturated carbocycles. The summed E-state index contributed by atoms with van der Waals surface area (Å²) in [5.41, 5.74) is 2.25. The van der Waals surface area contributed by atoms with Crippen LogP contribution in [0.4, 0.5) is 5.82 Å². The van der Waals surface area contributed by atoms with Crippen molar-refractivity contribution in [3.05, 3.63) is 36.0 Å². The Labute approximate surface area is 194 Å². The van der Waals surface area contributed by atoms with Gasteiger partial charge in [-0.15, -0.1) is 11.3 Å². The van der Waals surface area contributed by atoms with E-state index in [-0.39, 0.29) is 6.23 Å². The van der Waals surface area contributed by atoms with Crippen LogP contribution in [0.15, 0.2) is 36.0 Å². The van der Waals surface area contributed by atoms with E-state index >= 15 is 0 Å². The molecule has 32 heavy (non-hydrogen) atoms. The lowest BCUT2D eigenvalue weighted by molar-refractivity contribution is -0.0858. The van der Waals surface area contributed by atoms with Crippen molar-refractivity contribution in [3.63, 3.8) is 0 Å². The summed E-state index contributed by atoms with van der Waals surface area (Å²) in [5, 5.41) is 3.33. The van der Waals surface area contributed by atoms with Crippen LogP contribution < -0.4 is 9.64 Å². The summed E-state index contributed by atoms with van der Waals surface area (Å²) >= 11 is 1.67. The minimum atomic E-state index is 0.264. The number of thiophene rings is 1. The third kappa shape index (κ3) is 4.09. The number of aromatic nitrogens is 2. The molecule has 5 rings (SSSR count). The molecule has 0 spiro atoms. The second kappa shape index (κ2) is 9.73. The number of likely N-dealkylation sites (tertiary alicyclic amines) is 1. The molecule has 4 heterocycles. The Balaban J connectivity index is 1.41. The largest absolute Gasteiger partial charge is 0.496 e. The number of benzene rings is 1. The molecule has 3 aromatic rings. The van der Waals surface area contributed by atoms with Gasteiger partial charge in [-0.2, -0.15) is 0 Å². The maximum atomic E-state index is 6.24. The molecule has 6 nitrogen and oxygen atoms in total. The number of methoxy groups -OCH3 is 1. The Kier molecular flexibility index (Phi) is 6.57. The molecule has 2 aliphatic rings. The van der Waals surface area contributed by atoms with Crippen LogP contribution in [-0.4, -0.2) is 61.0 Å². The fraction of sp³-hybridized carbons (Fsp3) is 0.520. The van der Waals surface area contributed by atoms with E-state index < -0.39 is 0 Å². The Morgan fingerprint density at radius 2 is 1.84 bits per heavy atom. The van der Waals surface area contributed by atoms with E-state index in [1.165, 1.54) is 25.9 Å². The van der Waals surface area contributed by atoms with Gasteiger partial charge in [0.25, 0.3) is 0 Å². The van der Waals surface area contributed by atoms with Crippen LogP contribution in [0, 0.1) is 5.92 Å². The summed E-state index contributed by atoms with van der Waals surface area (Å²) in [6.07, 6.45) is 6.82. The highest BCUT2D eigenvalue weighted by molar-refractivity contribution is 7.17. The Morgan fingerprint density at radius 1 is 1.06 bits per heavy atom. The number of anilines is 1. The molecule has 0 radical (unpaired) electrons. The first kappa shape index (κ1) is 21.6. The van der Waals surface area contributed by atoms with Crippen molar-refractivity contribution >= 4 is 27.4 Å². The van der Waals surface area contributed by atoms with Gasteiger partial charge in [-0.25, -0.2) is 9.97 Å². The number of rotatable bonds is 7. The Morgan fingerprint density at radius 3 is 2.59 bits per heavy atom. The molecule has 0 aliphatic carbocycles. The van der Waals surface area contributed by atoms with Gasteiger partial charge >= 0.3 is 0 Å². The zero-order valence-electron chi connectivity index (χ0n) is 19.0. The number of hydrogen-bond acceptors (Lipinski definition) is 7. The normalized spacial score (nSPS) is 19.0. The SMILES string of the molecule is CCOC(C1CCN(c2ncnc3scc(-c4ccccc4OC)c23)CC1)N1CCCC1. The highest BCUT2D eigenvalue weighted by Crippen LogP contribution is 2.42. The van der Waals surface area contributed by atoms with Crippen LogP contribution >= 0.6 is 11.3 Å². The van der Waals surface area contributed by atoms with Gasteiger partial charge in [0.2, 0.25) is 0 Å². The number of hydrogen-bond donors (Lipinski definition) is 0. The zero-order chi connectivity index (χ0) is 21.9. The minimum Gasteiger partial charge on any atom is -0.496 e. The van der Waals surface area contributed by atoms with Crippen molar-refractivity contribution in [3.8, 4) is 16.9 Å². The predicted octanol–water partition coefficient (Wildman–Crippen LogP) is 5.04. The lowest BCUT2D eigenvalue weighted by atomic mass is 9.93. The first-order chi connectivity index (χ1) is 15.8. The van der Waals surface area contributed by atoms with Gasteiger partial charge in [-0.3, -0.25) is 4.90 Å². The Hall–Kier alpha value is -2.22. The van der Waals surface area contributed by atoms with Crippen molar-refractivity contribution in [1.29, 1.82) is 0 Å². The van der Waals surface area contributed by atoms with E-state index in [0.29, 0.717) is 5.92 Å². The van der Waals surface area contributed by atoms with Crippen LogP contribution in [0.2, 0.25) is 0 Å². The maximum Gasteiger partial charge on any atom is 0.141 e. The van der Waals surface area contributed by atoms with Crippen molar-refractivity contribution in [2.75, 3.05) is 44.8 Å². The summed E-state index contributed by atoms with van der Waals surface area (Å²) in [5.74, 6) is 2.51. The van der Waals surface area contributed by atoms with Gasteiger partial charge < -0.3 is 14.4 Å². The number of para-hydroxylation sites is 1. The zero-order valence-corrected chi connectivity index (χ0v) is 19.8. The standard InChI is InChI=1S/C25H32N4O2S/c1-3-31-25(29-12-6-7-13-29)18-10-14-28(15-11-18)23-22-20(16-32-24(22)27-17-26-23)19-8-4-5-9-21(19)30-2/h4-5,8-9,16-18,25H,3,6-7,10-15H2,1-2H3. The Bertz CT molecular complexity index is 1040. The topological polar surface area (TPSA) is 50.7 Å². The molecule has 0 bridgehead atoms. The van der Waals surface area contributed by atoms with Crippen LogP contribution in [0.25, 0.3) is 21.3 Å². The smallest absolute Gasteiger partial charge is 0.141 e. The monoisotopic (exact) mass is 452 g/mol. The third-order valence-electron chi connectivity index (χ3n) is 6.83. The van der Waals surface area contributed by atoms with E-state index in [0.717, 1.165) is 65.4 Å². The molecular weight excluding hydrogens is 420 g/mol.